The number of hydrogen-bond donors (Lipinski definition) is 5. The van der Waals surface area contributed by atoms with Gasteiger partial charge in [-0.1, -0.05) is 11.6 Å². The van der Waals surface area contributed by atoms with E-state index >= 15 is 0 Å². The molecule has 2 aliphatic rings. The molecule has 2 aromatic heterocycles. The first-order valence-corrected chi connectivity index (χ1v) is 11.6. The number of nitrogens with one attached hydrogen (secondary N) is 5. The van der Waals surface area contributed by atoms with Crippen LogP contribution in [0.15, 0.2) is 24.3 Å². The number of benzene rings is 1. The number of aromatic amines is 1. The number of piperidine rings is 1. The first-order valence-electron chi connectivity index (χ1n) is 10.4. The van der Waals surface area contributed by atoms with Crippen LogP contribution in [-0.4, -0.2) is 53.5 Å². The molecule has 2 atom stereocenters. The van der Waals surface area contributed by atoms with Crippen LogP contribution in [0, 0.1) is 0 Å². The van der Waals surface area contributed by atoms with Crippen molar-refractivity contribution in [3.8, 4) is 0 Å². The number of thiazole rings is 1. The molecule has 0 radical (unpaired) electrons. The van der Waals surface area contributed by atoms with Gasteiger partial charge in [0.1, 0.15) is 5.69 Å². The van der Waals surface area contributed by atoms with Crippen molar-refractivity contribution in [3.63, 3.8) is 0 Å². The minimum atomic E-state index is -0.226. The topological polar surface area (TPSA) is 111 Å². The molecule has 2 aliphatic heterocycles. The van der Waals surface area contributed by atoms with Crippen molar-refractivity contribution in [1.29, 1.82) is 0 Å². The molecule has 8 nitrogen and oxygen atoms in total. The highest BCUT2D eigenvalue weighted by atomic mass is 35.5. The van der Waals surface area contributed by atoms with Gasteiger partial charge in [0.25, 0.3) is 11.8 Å². The van der Waals surface area contributed by atoms with Crippen molar-refractivity contribution in [3.05, 3.63) is 50.6 Å². The first-order chi connectivity index (χ1) is 15.1. The highest BCUT2D eigenvalue weighted by Crippen LogP contribution is 2.22. The maximum atomic E-state index is 12.9. The van der Waals surface area contributed by atoms with Gasteiger partial charge in [0, 0.05) is 46.9 Å². The molecular weight excluding hydrogens is 436 g/mol. The number of amides is 2. The van der Waals surface area contributed by atoms with Crippen molar-refractivity contribution >= 4 is 45.7 Å². The quantitative estimate of drug-likeness (QED) is 0.409. The van der Waals surface area contributed by atoms with Crippen LogP contribution < -0.4 is 21.3 Å². The molecule has 0 spiro atoms. The molecule has 31 heavy (non-hydrogen) atoms. The van der Waals surface area contributed by atoms with Crippen molar-refractivity contribution in [2.24, 2.45) is 0 Å². The lowest BCUT2D eigenvalue weighted by Gasteiger charge is -2.33. The van der Waals surface area contributed by atoms with Gasteiger partial charge in [0.15, 0.2) is 5.01 Å². The summed E-state index contributed by atoms with van der Waals surface area (Å²) in [4.78, 5) is 34.5. The Morgan fingerprint density at radius 2 is 1.97 bits per heavy atom. The van der Waals surface area contributed by atoms with E-state index in [1.807, 2.05) is 12.1 Å². The molecule has 0 unspecified atom stereocenters. The van der Waals surface area contributed by atoms with Crippen molar-refractivity contribution in [2.45, 2.75) is 31.5 Å². The molecule has 3 aromatic rings. The Morgan fingerprint density at radius 3 is 2.84 bits per heavy atom. The second kappa shape index (κ2) is 8.58. The van der Waals surface area contributed by atoms with Crippen LogP contribution in [0.3, 0.4) is 0 Å². The van der Waals surface area contributed by atoms with E-state index in [2.05, 4.69) is 31.2 Å². The third kappa shape index (κ3) is 4.31. The lowest BCUT2D eigenvalue weighted by molar-refractivity contribution is 0.0866. The van der Waals surface area contributed by atoms with Crippen LogP contribution >= 0.6 is 22.9 Å². The molecular formula is C21H23ClN6O2S. The summed E-state index contributed by atoms with van der Waals surface area (Å²) in [5.41, 5.74) is 2.33. The number of halogens is 1. The van der Waals surface area contributed by atoms with E-state index in [0.717, 1.165) is 53.9 Å². The number of fused-ring (bicyclic) bond motifs is 2. The van der Waals surface area contributed by atoms with E-state index < -0.39 is 0 Å². The van der Waals surface area contributed by atoms with Gasteiger partial charge in [-0.15, -0.1) is 11.3 Å². The molecule has 0 bridgehead atoms. The second-order valence-electron chi connectivity index (χ2n) is 7.88. The number of carbonyl (C=O) groups is 2. The van der Waals surface area contributed by atoms with E-state index in [1.165, 1.54) is 11.3 Å². The zero-order valence-electron chi connectivity index (χ0n) is 16.8. The minimum Gasteiger partial charge on any atom is -0.351 e. The number of nitrogens with zero attached hydrogens (tertiary/aromatic N) is 1. The fourth-order valence-corrected chi connectivity index (χ4v) is 5.27. The Morgan fingerprint density at radius 1 is 1.10 bits per heavy atom. The van der Waals surface area contributed by atoms with E-state index in [1.54, 1.807) is 12.1 Å². The highest BCUT2D eigenvalue weighted by molar-refractivity contribution is 7.13. The summed E-state index contributed by atoms with van der Waals surface area (Å²) in [5.74, 6) is -0.387. The van der Waals surface area contributed by atoms with Gasteiger partial charge in [-0.3, -0.25) is 9.59 Å². The third-order valence-corrected chi connectivity index (χ3v) is 7.07. The smallest absolute Gasteiger partial charge is 0.280 e. The summed E-state index contributed by atoms with van der Waals surface area (Å²) in [6.45, 7) is 3.02. The molecule has 0 aliphatic carbocycles. The number of aromatic nitrogens is 2. The summed E-state index contributed by atoms with van der Waals surface area (Å²) in [7, 11) is 0. The van der Waals surface area contributed by atoms with Crippen molar-refractivity contribution in [1.82, 2.24) is 31.2 Å². The number of rotatable bonds is 4. The molecule has 5 N–H and O–H groups in total. The van der Waals surface area contributed by atoms with E-state index in [9.17, 15) is 9.59 Å². The normalized spacial score (nSPS) is 20.9. The highest BCUT2D eigenvalue weighted by Gasteiger charge is 2.30. The lowest BCUT2D eigenvalue weighted by Crippen LogP contribution is -2.59. The number of carbonyl (C=O) groups excluding carboxylic acids is 2. The van der Waals surface area contributed by atoms with E-state index in [4.69, 9.17) is 11.6 Å². The summed E-state index contributed by atoms with van der Waals surface area (Å²) in [6, 6.07) is 6.84. The summed E-state index contributed by atoms with van der Waals surface area (Å²) in [6.07, 6.45) is 1.58. The molecule has 0 saturated carbocycles. The molecule has 1 saturated heterocycles. The van der Waals surface area contributed by atoms with Crippen LogP contribution in [-0.2, 0) is 13.0 Å². The molecule has 1 fully saturated rings. The Bertz CT molecular complexity index is 1120. The monoisotopic (exact) mass is 458 g/mol. The Kier molecular flexibility index (Phi) is 5.66. The van der Waals surface area contributed by atoms with Crippen LogP contribution in [0.2, 0.25) is 5.02 Å². The third-order valence-electron chi connectivity index (χ3n) is 5.74. The average molecular weight is 459 g/mol. The summed E-state index contributed by atoms with van der Waals surface area (Å²) < 4.78 is 0. The second-order valence-corrected chi connectivity index (χ2v) is 9.40. The van der Waals surface area contributed by atoms with Gasteiger partial charge >= 0.3 is 0 Å². The Balaban J connectivity index is 1.28. The molecule has 162 valence electrons. The molecule has 1 aromatic carbocycles. The Hall–Kier alpha value is -2.46. The minimum absolute atomic E-state index is 0.171. The van der Waals surface area contributed by atoms with Gasteiger partial charge in [-0.2, -0.15) is 0 Å². The summed E-state index contributed by atoms with van der Waals surface area (Å²) in [5, 5.41) is 14.7. The fourth-order valence-electron chi connectivity index (χ4n) is 4.11. The van der Waals surface area contributed by atoms with Crippen molar-refractivity contribution in [2.75, 3.05) is 19.6 Å². The maximum absolute atomic E-state index is 12.9. The lowest BCUT2D eigenvalue weighted by atomic mass is 10.0. The predicted octanol–water partition coefficient (Wildman–Crippen LogP) is 1.81. The zero-order chi connectivity index (χ0) is 21.4. The van der Waals surface area contributed by atoms with Gasteiger partial charge in [-0.05, 0) is 37.2 Å². The van der Waals surface area contributed by atoms with Crippen molar-refractivity contribution < 1.29 is 9.59 Å². The number of hydrogen-bond acceptors (Lipinski definition) is 6. The summed E-state index contributed by atoms with van der Waals surface area (Å²) >= 11 is 7.49. The molecule has 10 heteroatoms. The Labute approximate surface area is 188 Å². The molecule has 5 rings (SSSR count). The first kappa shape index (κ1) is 20.4. The van der Waals surface area contributed by atoms with Crippen LogP contribution in [0.5, 0.6) is 0 Å². The predicted molar refractivity (Wildman–Crippen MR) is 121 cm³/mol. The standard InChI is InChI=1S/C21H23ClN6O2S/c22-12-1-2-13-11(7-12)8-16(25-13)19(29)27-17-9-23-5-3-14(17)26-20(30)21-28-15-4-6-24-10-18(15)31-21/h1-2,7-8,14,17,23-25H,3-6,9-10H2,(H,26,30)(H,27,29)/t14-,17+/m1/s1. The van der Waals surface area contributed by atoms with Gasteiger partial charge in [0.2, 0.25) is 0 Å². The van der Waals surface area contributed by atoms with Crippen LogP contribution in [0.4, 0.5) is 0 Å². The molecule has 2 amide bonds. The van der Waals surface area contributed by atoms with Crippen LogP contribution in [0.25, 0.3) is 10.9 Å². The zero-order valence-corrected chi connectivity index (χ0v) is 18.3. The molecule has 4 heterocycles. The SMILES string of the molecule is O=C(N[C@H]1CNCC[C@H]1NC(=O)c1nc2c(s1)CNCC2)c1cc2cc(Cl)ccc2[nH]1. The van der Waals surface area contributed by atoms with Gasteiger partial charge < -0.3 is 26.3 Å². The number of H-pyrrole nitrogens is 1. The van der Waals surface area contributed by atoms with Crippen LogP contribution in [0.1, 0.15) is 37.3 Å². The maximum Gasteiger partial charge on any atom is 0.280 e. The van der Waals surface area contributed by atoms with Gasteiger partial charge in [-0.25, -0.2) is 4.98 Å². The van der Waals surface area contributed by atoms with Gasteiger partial charge in [0.05, 0.1) is 17.8 Å². The average Bonchev–Trinajstić information content (AvgIpc) is 3.39. The largest absolute Gasteiger partial charge is 0.351 e. The van der Waals surface area contributed by atoms with E-state index in [-0.39, 0.29) is 23.9 Å². The van der Waals surface area contributed by atoms with E-state index in [0.29, 0.717) is 22.3 Å². The fraction of sp³-hybridized carbons (Fsp3) is 0.381.